The Labute approximate surface area is 110 Å². The van der Waals surface area contributed by atoms with Crippen molar-refractivity contribution in [3.63, 3.8) is 0 Å². The highest BCUT2D eigenvalue weighted by Gasteiger charge is 2.34. The van der Waals surface area contributed by atoms with Crippen molar-refractivity contribution in [3.05, 3.63) is 35.6 Å². The van der Waals surface area contributed by atoms with E-state index >= 15 is 0 Å². The van der Waals surface area contributed by atoms with E-state index in [-0.39, 0.29) is 11.7 Å². The molecule has 0 amide bonds. The Kier molecular flexibility index (Phi) is 4.25. The maximum Gasteiger partial charge on any atom is 0.235 e. The predicted molar refractivity (Wildman–Crippen MR) is 67.6 cm³/mol. The van der Waals surface area contributed by atoms with E-state index in [2.05, 4.69) is 0 Å². The van der Waals surface area contributed by atoms with Crippen molar-refractivity contribution in [3.8, 4) is 0 Å². The maximum atomic E-state index is 12.8. The summed E-state index contributed by atoms with van der Waals surface area (Å²) in [6.45, 7) is 0.782. The molecule has 0 N–H and O–H groups in total. The first kappa shape index (κ1) is 13.8. The summed E-state index contributed by atoms with van der Waals surface area (Å²) < 4.78 is 41.1. The minimum absolute atomic E-state index is 0.174. The molecule has 1 aliphatic heterocycles. The minimum atomic E-state index is -3.59. The molecule has 1 heterocycles. The summed E-state index contributed by atoms with van der Waals surface area (Å²) in [5.74, 6) is -0.480. The minimum Gasteiger partial charge on any atom is -0.381 e. The molecule has 0 radical (unpaired) electrons. The summed E-state index contributed by atoms with van der Waals surface area (Å²) in [6.07, 6.45) is 0.939. The van der Waals surface area contributed by atoms with Gasteiger partial charge in [0.2, 0.25) is 9.05 Å². The van der Waals surface area contributed by atoms with Crippen molar-refractivity contribution in [1.82, 2.24) is 0 Å². The van der Waals surface area contributed by atoms with Gasteiger partial charge in [0.15, 0.2) is 0 Å². The zero-order valence-electron chi connectivity index (χ0n) is 9.68. The van der Waals surface area contributed by atoms with Crippen molar-refractivity contribution in [2.75, 3.05) is 13.2 Å². The fourth-order valence-corrected chi connectivity index (χ4v) is 3.98. The Morgan fingerprint density at radius 3 is 2.61 bits per heavy atom. The number of rotatable bonds is 3. The lowest BCUT2D eigenvalue weighted by molar-refractivity contribution is 0.0577. The third-order valence-corrected chi connectivity index (χ3v) is 5.21. The Morgan fingerprint density at radius 2 is 2.00 bits per heavy atom. The number of benzene rings is 1. The first-order valence-corrected chi connectivity index (χ1v) is 8.10. The molecule has 0 aliphatic carbocycles. The summed E-state index contributed by atoms with van der Waals surface area (Å²) in [5.41, 5.74) is 0.886. The van der Waals surface area contributed by atoms with Crippen LogP contribution in [0.25, 0.3) is 0 Å². The van der Waals surface area contributed by atoms with Crippen molar-refractivity contribution in [2.24, 2.45) is 5.92 Å². The summed E-state index contributed by atoms with van der Waals surface area (Å²) >= 11 is 0. The lowest BCUT2D eigenvalue weighted by Gasteiger charge is -2.29. The summed E-state index contributed by atoms with van der Waals surface area (Å²) in [4.78, 5) is 0. The highest BCUT2D eigenvalue weighted by atomic mass is 35.7. The molecule has 2 atom stereocenters. The van der Waals surface area contributed by atoms with Gasteiger partial charge in [-0.15, -0.1) is 0 Å². The summed E-state index contributed by atoms with van der Waals surface area (Å²) in [5, 5.41) is -0.585. The van der Waals surface area contributed by atoms with Crippen LogP contribution in [0.2, 0.25) is 0 Å². The van der Waals surface area contributed by atoms with Gasteiger partial charge in [-0.3, -0.25) is 0 Å². The van der Waals surface area contributed by atoms with Gasteiger partial charge in [0.05, 0.1) is 11.9 Å². The van der Waals surface area contributed by atoms with Crippen LogP contribution in [0.4, 0.5) is 4.39 Å². The predicted octanol–water partition coefficient (Wildman–Crippen LogP) is 2.34. The third kappa shape index (κ3) is 3.43. The standard InChI is InChI=1S/C12H14ClFO3S/c13-18(15,16)12-5-6-17-8-10(12)7-9-1-3-11(14)4-2-9/h1-4,10,12H,5-8H2/t10-,12-/m0/s1. The molecule has 1 aromatic carbocycles. The van der Waals surface area contributed by atoms with E-state index < -0.39 is 14.3 Å². The van der Waals surface area contributed by atoms with Gasteiger partial charge in [-0.25, -0.2) is 12.8 Å². The van der Waals surface area contributed by atoms with Gasteiger partial charge in [0, 0.05) is 23.2 Å². The largest absolute Gasteiger partial charge is 0.381 e. The number of hydrogen-bond donors (Lipinski definition) is 0. The van der Waals surface area contributed by atoms with Gasteiger partial charge in [-0.1, -0.05) is 12.1 Å². The molecule has 0 unspecified atom stereocenters. The molecule has 3 nitrogen and oxygen atoms in total. The van der Waals surface area contributed by atoms with Crippen LogP contribution in [-0.2, 0) is 20.2 Å². The van der Waals surface area contributed by atoms with Crippen LogP contribution in [0.3, 0.4) is 0 Å². The molecule has 0 spiro atoms. The molecule has 0 bridgehead atoms. The van der Waals surface area contributed by atoms with E-state index in [1.165, 1.54) is 12.1 Å². The Morgan fingerprint density at radius 1 is 1.33 bits per heavy atom. The van der Waals surface area contributed by atoms with Gasteiger partial charge in [-0.2, -0.15) is 0 Å². The van der Waals surface area contributed by atoms with E-state index in [1.54, 1.807) is 12.1 Å². The normalized spacial score (nSPS) is 25.0. The number of ether oxygens (including phenoxy) is 1. The Hall–Kier alpha value is -0.650. The van der Waals surface area contributed by atoms with Gasteiger partial charge in [0.25, 0.3) is 0 Å². The molecule has 1 saturated heterocycles. The molecule has 6 heteroatoms. The smallest absolute Gasteiger partial charge is 0.235 e. The monoisotopic (exact) mass is 292 g/mol. The van der Waals surface area contributed by atoms with Crippen LogP contribution in [-0.4, -0.2) is 26.9 Å². The average molecular weight is 293 g/mol. The van der Waals surface area contributed by atoms with E-state index in [1.807, 2.05) is 0 Å². The Balaban J connectivity index is 2.13. The molecule has 2 rings (SSSR count). The van der Waals surface area contributed by atoms with Crippen LogP contribution in [0.5, 0.6) is 0 Å². The molecule has 100 valence electrons. The van der Waals surface area contributed by atoms with Crippen molar-refractivity contribution in [1.29, 1.82) is 0 Å². The van der Waals surface area contributed by atoms with E-state index in [9.17, 15) is 12.8 Å². The SMILES string of the molecule is O=S(=O)(Cl)[C@H]1CCOC[C@@H]1Cc1ccc(F)cc1. The van der Waals surface area contributed by atoms with E-state index in [0.717, 1.165) is 5.56 Å². The topological polar surface area (TPSA) is 43.4 Å². The molecule has 1 fully saturated rings. The van der Waals surface area contributed by atoms with E-state index in [4.69, 9.17) is 15.4 Å². The molecular weight excluding hydrogens is 279 g/mol. The number of hydrogen-bond acceptors (Lipinski definition) is 3. The first-order chi connectivity index (χ1) is 8.47. The Bertz CT molecular complexity index is 501. The van der Waals surface area contributed by atoms with Crippen molar-refractivity contribution in [2.45, 2.75) is 18.1 Å². The summed E-state index contributed by atoms with van der Waals surface area (Å²) in [7, 11) is 1.87. The maximum absolute atomic E-state index is 12.8. The van der Waals surface area contributed by atoms with Crippen LogP contribution < -0.4 is 0 Å². The van der Waals surface area contributed by atoms with E-state index in [0.29, 0.717) is 26.1 Å². The van der Waals surface area contributed by atoms with Gasteiger partial charge < -0.3 is 4.74 Å². The average Bonchev–Trinajstić information content (AvgIpc) is 2.31. The third-order valence-electron chi connectivity index (χ3n) is 3.18. The highest BCUT2D eigenvalue weighted by molar-refractivity contribution is 8.14. The quantitative estimate of drug-likeness (QED) is 0.803. The van der Waals surface area contributed by atoms with Crippen molar-refractivity contribution < 1.29 is 17.5 Å². The molecule has 1 aliphatic rings. The second-order valence-corrected chi connectivity index (χ2v) is 7.32. The lowest BCUT2D eigenvalue weighted by Crippen LogP contribution is -2.37. The summed E-state index contributed by atoms with van der Waals surface area (Å²) in [6, 6.07) is 6.04. The second kappa shape index (κ2) is 5.55. The molecule has 1 aromatic rings. The molecule has 0 saturated carbocycles. The first-order valence-electron chi connectivity index (χ1n) is 5.72. The van der Waals surface area contributed by atoms with Gasteiger partial charge in [-0.05, 0) is 30.5 Å². The van der Waals surface area contributed by atoms with Crippen molar-refractivity contribution >= 4 is 19.7 Å². The van der Waals surface area contributed by atoms with Crippen LogP contribution in [0.15, 0.2) is 24.3 Å². The zero-order valence-corrected chi connectivity index (χ0v) is 11.3. The van der Waals surface area contributed by atoms with Crippen LogP contribution in [0.1, 0.15) is 12.0 Å². The molecule has 18 heavy (non-hydrogen) atoms. The van der Waals surface area contributed by atoms with Gasteiger partial charge >= 0.3 is 0 Å². The highest BCUT2D eigenvalue weighted by Crippen LogP contribution is 2.27. The molecule has 0 aromatic heterocycles. The lowest BCUT2D eigenvalue weighted by atomic mass is 9.93. The zero-order chi connectivity index (χ0) is 13.2. The fraction of sp³-hybridized carbons (Fsp3) is 0.500. The van der Waals surface area contributed by atoms with Crippen LogP contribution in [0, 0.1) is 11.7 Å². The van der Waals surface area contributed by atoms with Crippen LogP contribution >= 0.6 is 10.7 Å². The molecular formula is C12H14ClFO3S. The fourth-order valence-electron chi connectivity index (χ4n) is 2.26. The number of halogens is 2. The second-order valence-electron chi connectivity index (χ2n) is 4.47. The van der Waals surface area contributed by atoms with Gasteiger partial charge in [0.1, 0.15) is 5.82 Å².